The number of anilines is 2. The van der Waals surface area contributed by atoms with Crippen molar-refractivity contribution in [3.05, 3.63) is 66.6 Å². The Balaban J connectivity index is 1.48. The van der Waals surface area contributed by atoms with Gasteiger partial charge in [0.05, 0.1) is 18.3 Å². The van der Waals surface area contributed by atoms with Gasteiger partial charge < -0.3 is 19.9 Å². The average molecular weight is 470 g/mol. The van der Waals surface area contributed by atoms with Gasteiger partial charge in [-0.3, -0.25) is 9.89 Å². The number of carbonyl (C=O) groups is 1. The molecule has 0 bridgehead atoms. The number of nitrogens with zero attached hydrogens (tertiary/aromatic N) is 4. The van der Waals surface area contributed by atoms with Crippen molar-refractivity contribution in [2.75, 3.05) is 19.0 Å². The molecule has 5 aromatic rings. The number of rotatable bonds is 8. The smallest absolute Gasteiger partial charge is 0.268 e. The van der Waals surface area contributed by atoms with Crippen LogP contribution in [0.2, 0.25) is 0 Å². The molecule has 9 nitrogen and oxygen atoms in total. The van der Waals surface area contributed by atoms with E-state index in [0.29, 0.717) is 30.5 Å². The lowest BCUT2D eigenvalue weighted by atomic mass is 10.1. The molecule has 0 atom stereocenters. The van der Waals surface area contributed by atoms with E-state index in [4.69, 9.17) is 9.72 Å². The van der Waals surface area contributed by atoms with Crippen LogP contribution in [0.15, 0.2) is 60.9 Å². The minimum Gasteiger partial charge on any atom is -0.383 e. The van der Waals surface area contributed by atoms with Crippen LogP contribution in [0, 0.1) is 0 Å². The minimum absolute atomic E-state index is 0.0461. The summed E-state index contributed by atoms with van der Waals surface area (Å²) < 4.78 is 7.29. The topological polar surface area (TPSA) is 110 Å². The lowest BCUT2D eigenvalue weighted by molar-refractivity contribution is 0.0931. The normalized spacial score (nSPS) is 11.4. The van der Waals surface area contributed by atoms with Crippen LogP contribution < -0.4 is 10.6 Å². The minimum atomic E-state index is -0.106. The van der Waals surface area contributed by atoms with E-state index in [1.807, 2.05) is 66.9 Å². The highest BCUT2D eigenvalue weighted by Gasteiger charge is 2.17. The molecule has 0 radical (unpaired) electrons. The lowest BCUT2D eigenvalue weighted by Gasteiger charge is -2.13. The van der Waals surface area contributed by atoms with Gasteiger partial charge in [0, 0.05) is 53.4 Å². The van der Waals surface area contributed by atoms with E-state index >= 15 is 0 Å². The molecule has 178 valence electrons. The van der Waals surface area contributed by atoms with E-state index in [-0.39, 0.29) is 11.9 Å². The molecule has 2 aromatic carbocycles. The summed E-state index contributed by atoms with van der Waals surface area (Å²) in [4.78, 5) is 22.1. The number of benzene rings is 2. The Bertz CT molecular complexity index is 1500. The van der Waals surface area contributed by atoms with E-state index in [2.05, 4.69) is 25.8 Å². The van der Waals surface area contributed by atoms with Crippen LogP contribution in [0.4, 0.5) is 11.5 Å². The van der Waals surface area contributed by atoms with Crippen LogP contribution in [0.1, 0.15) is 24.3 Å². The molecular formula is C26H27N7O2. The van der Waals surface area contributed by atoms with Crippen LogP contribution >= 0.6 is 0 Å². The highest BCUT2D eigenvalue weighted by atomic mass is 16.5. The summed E-state index contributed by atoms with van der Waals surface area (Å²) in [5, 5.41) is 15.3. The maximum absolute atomic E-state index is 12.8. The fourth-order valence-electron chi connectivity index (χ4n) is 4.08. The van der Waals surface area contributed by atoms with Crippen LogP contribution in [0.25, 0.3) is 33.2 Å². The van der Waals surface area contributed by atoms with E-state index in [9.17, 15) is 4.79 Å². The molecule has 5 rings (SSSR count). The van der Waals surface area contributed by atoms with Crippen molar-refractivity contribution in [3.8, 4) is 11.4 Å². The highest BCUT2D eigenvalue weighted by molar-refractivity contribution is 5.99. The number of methoxy groups -OCH3 is 1. The predicted molar refractivity (Wildman–Crippen MR) is 137 cm³/mol. The number of ether oxygens (including phenoxy) is 1. The molecule has 0 unspecified atom stereocenters. The van der Waals surface area contributed by atoms with Crippen LogP contribution in [-0.4, -0.2) is 50.4 Å². The number of aromatic nitrogens is 5. The van der Waals surface area contributed by atoms with Crippen molar-refractivity contribution in [1.29, 1.82) is 0 Å². The Kier molecular flexibility index (Phi) is 6.15. The maximum Gasteiger partial charge on any atom is 0.268 e. The largest absolute Gasteiger partial charge is 0.383 e. The first kappa shape index (κ1) is 22.5. The van der Waals surface area contributed by atoms with Crippen LogP contribution in [-0.2, 0) is 11.3 Å². The number of aromatic amines is 1. The van der Waals surface area contributed by atoms with Gasteiger partial charge in [0.1, 0.15) is 11.5 Å². The van der Waals surface area contributed by atoms with Gasteiger partial charge in [0.15, 0.2) is 5.82 Å². The molecule has 0 saturated heterocycles. The third-order valence-electron chi connectivity index (χ3n) is 5.70. The van der Waals surface area contributed by atoms with E-state index in [1.54, 1.807) is 19.5 Å². The Hall–Kier alpha value is -4.24. The fraction of sp³-hybridized carbons (Fsp3) is 0.231. The van der Waals surface area contributed by atoms with Gasteiger partial charge in [0.2, 0.25) is 0 Å². The second-order valence-corrected chi connectivity index (χ2v) is 8.64. The van der Waals surface area contributed by atoms with Crippen molar-refractivity contribution in [1.82, 2.24) is 30.0 Å². The summed E-state index contributed by atoms with van der Waals surface area (Å²) in [6.07, 6.45) is 3.52. The number of H-pyrrole nitrogens is 1. The molecule has 3 aromatic heterocycles. The lowest BCUT2D eigenvalue weighted by Crippen LogP contribution is -2.32. The van der Waals surface area contributed by atoms with Crippen LogP contribution in [0.3, 0.4) is 0 Å². The first-order valence-corrected chi connectivity index (χ1v) is 11.5. The quantitative estimate of drug-likeness (QED) is 0.309. The number of amides is 1. The molecule has 0 saturated carbocycles. The number of nitrogens with one attached hydrogen (secondary N) is 3. The average Bonchev–Trinajstić information content (AvgIpc) is 3.46. The summed E-state index contributed by atoms with van der Waals surface area (Å²) in [7, 11) is 1.65. The van der Waals surface area contributed by atoms with Crippen molar-refractivity contribution < 1.29 is 9.53 Å². The molecule has 0 aliphatic carbocycles. The summed E-state index contributed by atoms with van der Waals surface area (Å²) in [6, 6.07) is 15.7. The zero-order valence-corrected chi connectivity index (χ0v) is 19.9. The van der Waals surface area contributed by atoms with Gasteiger partial charge in [-0.05, 0) is 50.2 Å². The fourth-order valence-corrected chi connectivity index (χ4v) is 4.08. The molecule has 0 aliphatic rings. The first-order chi connectivity index (χ1) is 17.0. The van der Waals surface area contributed by atoms with Crippen molar-refractivity contribution in [2.45, 2.75) is 26.4 Å². The van der Waals surface area contributed by atoms with Gasteiger partial charge in [-0.15, -0.1) is 0 Å². The molecule has 0 fully saturated rings. The van der Waals surface area contributed by atoms with Crippen molar-refractivity contribution in [3.63, 3.8) is 0 Å². The van der Waals surface area contributed by atoms with Gasteiger partial charge >= 0.3 is 0 Å². The summed E-state index contributed by atoms with van der Waals surface area (Å²) in [5.41, 5.74) is 4.28. The highest BCUT2D eigenvalue weighted by Crippen LogP contribution is 2.27. The second-order valence-electron chi connectivity index (χ2n) is 8.64. The van der Waals surface area contributed by atoms with Crippen molar-refractivity contribution in [2.24, 2.45) is 0 Å². The number of hydrogen-bond donors (Lipinski definition) is 3. The molecule has 0 spiro atoms. The van der Waals surface area contributed by atoms with Gasteiger partial charge in [-0.25, -0.2) is 9.97 Å². The monoisotopic (exact) mass is 469 g/mol. The van der Waals surface area contributed by atoms with E-state index in [1.165, 1.54) is 0 Å². The third kappa shape index (κ3) is 4.71. The molecule has 1 amide bonds. The molecule has 35 heavy (non-hydrogen) atoms. The summed E-state index contributed by atoms with van der Waals surface area (Å²) in [5.74, 6) is 1.17. The zero-order valence-electron chi connectivity index (χ0n) is 19.9. The number of hydrogen-bond acceptors (Lipinski definition) is 6. The number of fused-ring (bicyclic) bond motifs is 2. The summed E-state index contributed by atoms with van der Waals surface area (Å²) in [6.45, 7) is 4.95. The molecule has 3 heterocycles. The first-order valence-electron chi connectivity index (χ1n) is 11.5. The molecular weight excluding hydrogens is 442 g/mol. The van der Waals surface area contributed by atoms with Gasteiger partial charge in [-0.2, -0.15) is 5.10 Å². The maximum atomic E-state index is 12.8. The number of carbonyl (C=O) groups excluding carboxylic acids is 1. The Labute approximate surface area is 202 Å². The van der Waals surface area contributed by atoms with E-state index in [0.717, 1.165) is 33.1 Å². The Morgan fingerprint density at radius 1 is 1.11 bits per heavy atom. The van der Waals surface area contributed by atoms with E-state index < -0.39 is 0 Å². The summed E-state index contributed by atoms with van der Waals surface area (Å²) >= 11 is 0. The zero-order chi connectivity index (χ0) is 24.4. The molecule has 0 aliphatic heterocycles. The predicted octanol–water partition coefficient (Wildman–Crippen LogP) is 4.50. The van der Waals surface area contributed by atoms with Crippen LogP contribution in [0.5, 0.6) is 0 Å². The van der Waals surface area contributed by atoms with Gasteiger partial charge in [0.25, 0.3) is 5.91 Å². The standard InChI is InChI=1S/C26H27N7O2/c1-16(2)29-26(34)23-13-17-4-5-18(14-22(17)33(23)10-11-35-3)25-27-9-8-24(31-25)30-20-6-7-21-19(12-20)15-28-32-21/h4-9,12-16H,10-11H2,1-3H3,(H,28,32)(H,29,34)(H,27,30,31). The Morgan fingerprint density at radius 3 is 2.83 bits per heavy atom. The SMILES string of the molecule is COCCn1c(C(=O)NC(C)C)cc2ccc(-c3nccc(Nc4ccc5[nH]ncc5c4)n3)cc21. The molecule has 3 N–H and O–H groups in total. The Morgan fingerprint density at radius 2 is 2.00 bits per heavy atom. The van der Waals surface area contributed by atoms with Gasteiger partial charge in [-0.1, -0.05) is 12.1 Å². The van der Waals surface area contributed by atoms with Crippen molar-refractivity contribution >= 4 is 39.2 Å². The molecule has 9 heteroatoms. The second kappa shape index (κ2) is 9.55. The third-order valence-corrected chi connectivity index (χ3v) is 5.70.